The summed E-state index contributed by atoms with van der Waals surface area (Å²) < 4.78 is 0. The van der Waals surface area contributed by atoms with E-state index in [2.05, 4.69) is 6.58 Å². The summed E-state index contributed by atoms with van der Waals surface area (Å²) in [5.41, 5.74) is 1.05. The van der Waals surface area contributed by atoms with Crippen molar-refractivity contribution in [2.24, 2.45) is 0 Å². The lowest BCUT2D eigenvalue weighted by Gasteiger charge is -2.22. The van der Waals surface area contributed by atoms with Crippen LogP contribution in [0.25, 0.3) is 0 Å². The Morgan fingerprint density at radius 1 is 1.43 bits per heavy atom. The number of aryl methyl sites for hydroxylation is 1. The molecule has 1 amide bonds. The number of rotatable bonds is 4. The molecule has 0 bridgehead atoms. The zero-order valence-corrected chi connectivity index (χ0v) is 11.2. The number of aliphatic carboxylic acids is 1. The molecule has 0 atom stereocenters. The minimum absolute atomic E-state index is 0.0416. The van der Waals surface area contributed by atoms with Gasteiger partial charge < -0.3 is 10.0 Å². The van der Waals surface area contributed by atoms with Gasteiger partial charge >= 0.3 is 5.97 Å². The van der Waals surface area contributed by atoms with Crippen LogP contribution in [0.3, 0.4) is 0 Å². The van der Waals surface area contributed by atoms with Gasteiger partial charge in [0, 0.05) is 29.8 Å². The topological polar surface area (TPSA) is 101 Å². The van der Waals surface area contributed by atoms with Crippen LogP contribution < -0.4 is 4.90 Å². The number of nitro benzene ring substituents is 1. The van der Waals surface area contributed by atoms with Crippen LogP contribution in [0.1, 0.15) is 18.4 Å². The van der Waals surface area contributed by atoms with Crippen LogP contribution in [0.4, 0.5) is 11.4 Å². The average Bonchev–Trinajstić information content (AvgIpc) is 2.58. The molecule has 7 heteroatoms. The summed E-state index contributed by atoms with van der Waals surface area (Å²) in [6, 6.07) is 4.24. The van der Waals surface area contributed by atoms with Crippen molar-refractivity contribution in [3.63, 3.8) is 0 Å². The van der Waals surface area contributed by atoms with Crippen LogP contribution in [0.15, 0.2) is 30.4 Å². The number of nitrogens with zero attached hydrogens (tertiary/aromatic N) is 2. The monoisotopic (exact) mass is 290 g/mol. The molecule has 1 aromatic rings. The SMILES string of the molecule is C=C(CN1C(=O)CCCc2cc([N+](=O)[O-])ccc21)C(=O)O. The molecule has 0 unspecified atom stereocenters. The molecule has 0 saturated heterocycles. The van der Waals surface area contributed by atoms with Crippen LogP contribution >= 0.6 is 0 Å². The van der Waals surface area contributed by atoms with Crippen molar-refractivity contribution < 1.29 is 19.6 Å². The van der Waals surface area contributed by atoms with Crippen LogP contribution in [0.2, 0.25) is 0 Å². The zero-order valence-electron chi connectivity index (χ0n) is 11.2. The number of amides is 1. The van der Waals surface area contributed by atoms with Gasteiger partial charge in [0.1, 0.15) is 0 Å². The van der Waals surface area contributed by atoms with Gasteiger partial charge in [0.15, 0.2) is 0 Å². The molecule has 0 aromatic heterocycles. The van der Waals surface area contributed by atoms with Crippen LogP contribution in [-0.4, -0.2) is 28.5 Å². The second-order valence-electron chi connectivity index (χ2n) is 4.81. The van der Waals surface area contributed by atoms with Crippen molar-refractivity contribution in [1.82, 2.24) is 0 Å². The molecule has 1 heterocycles. The molecular weight excluding hydrogens is 276 g/mol. The Labute approximate surface area is 120 Å². The van der Waals surface area contributed by atoms with E-state index in [-0.39, 0.29) is 30.1 Å². The Bertz CT molecular complexity index is 638. The third-order valence-electron chi connectivity index (χ3n) is 3.35. The fourth-order valence-electron chi connectivity index (χ4n) is 2.28. The predicted octanol–water partition coefficient (Wildman–Crippen LogP) is 1.90. The van der Waals surface area contributed by atoms with Crippen LogP contribution in [-0.2, 0) is 16.0 Å². The maximum absolute atomic E-state index is 12.1. The fourth-order valence-corrected chi connectivity index (χ4v) is 2.28. The molecule has 0 radical (unpaired) electrons. The highest BCUT2D eigenvalue weighted by Gasteiger charge is 2.25. The highest BCUT2D eigenvalue weighted by molar-refractivity contribution is 5.98. The van der Waals surface area contributed by atoms with Crippen molar-refractivity contribution in [3.8, 4) is 0 Å². The first-order valence-corrected chi connectivity index (χ1v) is 6.39. The minimum Gasteiger partial charge on any atom is -0.478 e. The molecule has 21 heavy (non-hydrogen) atoms. The third kappa shape index (κ3) is 3.07. The first-order valence-electron chi connectivity index (χ1n) is 6.39. The van der Waals surface area contributed by atoms with E-state index in [1.807, 2.05) is 0 Å². The number of carboxylic acids is 1. The van der Waals surface area contributed by atoms with Crippen molar-refractivity contribution in [1.29, 1.82) is 0 Å². The molecular formula is C14H14N2O5. The summed E-state index contributed by atoms with van der Waals surface area (Å²) in [7, 11) is 0. The summed E-state index contributed by atoms with van der Waals surface area (Å²) in [5, 5.41) is 19.7. The van der Waals surface area contributed by atoms with Gasteiger partial charge in [-0.3, -0.25) is 14.9 Å². The van der Waals surface area contributed by atoms with Gasteiger partial charge in [0.2, 0.25) is 5.91 Å². The van der Waals surface area contributed by atoms with Crippen molar-refractivity contribution in [3.05, 3.63) is 46.0 Å². The summed E-state index contributed by atoms with van der Waals surface area (Å²) in [6.07, 6.45) is 1.39. The quantitative estimate of drug-likeness (QED) is 0.518. The number of benzene rings is 1. The lowest BCUT2D eigenvalue weighted by atomic mass is 10.1. The molecule has 2 rings (SSSR count). The number of hydrogen-bond donors (Lipinski definition) is 1. The van der Waals surface area contributed by atoms with Gasteiger partial charge in [-0.1, -0.05) is 6.58 Å². The van der Waals surface area contributed by atoms with Gasteiger partial charge in [0.05, 0.1) is 11.5 Å². The number of carbonyl (C=O) groups is 2. The molecule has 0 aliphatic carbocycles. The number of non-ortho nitro benzene ring substituents is 1. The lowest BCUT2D eigenvalue weighted by Crippen LogP contribution is -2.33. The highest BCUT2D eigenvalue weighted by Crippen LogP contribution is 2.30. The largest absolute Gasteiger partial charge is 0.478 e. The van der Waals surface area contributed by atoms with E-state index < -0.39 is 10.9 Å². The van der Waals surface area contributed by atoms with Crippen molar-refractivity contribution in [2.75, 3.05) is 11.4 Å². The maximum atomic E-state index is 12.1. The second-order valence-corrected chi connectivity index (χ2v) is 4.81. The summed E-state index contributed by atoms with van der Waals surface area (Å²) in [4.78, 5) is 34.7. The molecule has 0 fully saturated rings. The number of anilines is 1. The van der Waals surface area contributed by atoms with Gasteiger partial charge in [-0.25, -0.2) is 4.79 Å². The first-order chi connectivity index (χ1) is 9.90. The Balaban J connectivity index is 2.41. The van der Waals surface area contributed by atoms with E-state index >= 15 is 0 Å². The van der Waals surface area contributed by atoms with Crippen molar-refractivity contribution >= 4 is 23.3 Å². The average molecular weight is 290 g/mol. The van der Waals surface area contributed by atoms with E-state index in [0.717, 1.165) is 0 Å². The number of hydrogen-bond acceptors (Lipinski definition) is 4. The normalized spacial score (nSPS) is 14.3. The fraction of sp³-hybridized carbons (Fsp3) is 0.286. The molecule has 7 nitrogen and oxygen atoms in total. The maximum Gasteiger partial charge on any atom is 0.332 e. The molecule has 0 saturated carbocycles. The Kier molecular flexibility index (Phi) is 4.02. The van der Waals surface area contributed by atoms with E-state index in [0.29, 0.717) is 24.1 Å². The van der Waals surface area contributed by atoms with Crippen molar-refractivity contribution in [2.45, 2.75) is 19.3 Å². The molecule has 1 N–H and O–H groups in total. The smallest absolute Gasteiger partial charge is 0.332 e. The molecule has 1 aliphatic heterocycles. The van der Waals surface area contributed by atoms with E-state index in [4.69, 9.17) is 5.11 Å². The van der Waals surface area contributed by atoms with E-state index in [1.165, 1.54) is 23.1 Å². The van der Waals surface area contributed by atoms with Crippen LogP contribution in [0.5, 0.6) is 0 Å². The molecule has 0 spiro atoms. The standard InChI is InChI=1S/C14H14N2O5/c1-9(14(18)19)8-15-12-6-5-11(16(20)21)7-10(12)3-2-4-13(15)17/h5-7H,1-4,8H2,(H,18,19). The van der Waals surface area contributed by atoms with Gasteiger partial charge in [0.25, 0.3) is 5.69 Å². The Morgan fingerprint density at radius 2 is 2.14 bits per heavy atom. The van der Waals surface area contributed by atoms with Gasteiger partial charge in [-0.15, -0.1) is 0 Å². The molecule has 110 valence electrons. The minimum atomic E-state index is -1.17. The highest BCUT2D eigenvalue weighted by atomic mass is 16.6. The van der Waals surface area contributed by atoms with Crippen LogP contribution in [0, 0.1) is 10.1 Å². The lowest BCUT2D eigenvalue weighted by molar-refractivity contribution is -0.384. The van der Waals surface area contributed by atoms with E-state index in [9.17, 15) is 19.7 Å². The zero-order chi connectivity index (χ0) is 15.6. The Morgan fingerprint density at radius 3 is 2.76 bits per heavy atom. The van der Waals surface area contributed by atoms with Gasteiger partial charge in [-0.05, 0) is 24.5 Å². The number of fused-ring (bicyclic) bond motifs is 1. The number of nitro groups is 1. The number of carboxylic acid groups (broad SMARTS) is 1. The third-order valence-corrected chi connectivity index (χ3v) is 3.35. The van der Waals surface area contributed by atoms with Gasteiger partial charge in [-0.2, -0.15) is 0 Å². The number of carbonyl (C=O) groups excluding carboxylic acids is 1. The summed E-state index contributed by atoms with van der Waals surface area (Å²) >= 11 is 0. The first kappa shape index (κ1) is 14.7. The second kappa shape index (κ2) is 5.74. The Hall–Kier alpha value is -2.70. The predicted molar refractivity (Wildman–Crippen MR) is 75.2 cm³/mol. The summed E-state index contributed by atoms with van der Waals surface area (Å²) in [6.45, 7) is 3.30. The van der Waals surface area contributed by atoms with E-state index in [1.54, 1.807) is 0 Å². The molecule has 1 aliphatic rings. The molecule has 1 aromatic carbocycles. The summed E-state index contributed by atoms with van der Waals surface area (Å²) in [5.74, 6) is -1.37.